The first-order valence-electron chi connectivity index (χ1n) is 12.7. The lowest BCUT2D eigenvalue weighted by molar-refractivity contribution is -0.145. The van der Waals surface area contributed by atoms with Gasteiger partial charge in [-0.25, -0.2) is 9.18 Å². The molecule has 2 aliphatic rings. The number of hydrogen-bond acceptors (Lipinski definition) is 4. The summed E-state index contributed by atoms with van der Waals surface area (Å²) in [5.41, 5.74) is 0.705. The van der Waals surface area contributed by atoms with Crippen molar-refractivity contribution in [3.63, 3.8) is 0 Å². The highest BCUT2D eigenvalue weighted by Crippen LogP contribution is 2.29. The fourth-order valence-electron chi connectivity index (χ4n) is 5.01. The van der Waals surface area contributed by atoms with Gasteiger partial charge in [0.2, 0.25) is 0 Å². The summed E-state index contributed by atoms with van der Waals surface area (Å²) >= 11 is 0. The van der Waals surface area contributed by atoms with Crippen molar-refractivity contribution >= 4 is 11.8 Å². The maximum absolute atomic E-state index is 15.1. The number of hydrogen-bond donors (Lipinski definition) is 0. The van der Waals surface area contributed by atoms with E-state index in [1.54, 1.807) is 25.2 Å². The van der Waals surface area contributed by atoms with Crippen LogP contribution >= 0.6 is 0 Å². The summed E-state index contributed by atoms with van der Waals surface area (Å²) in [4.78, 5) is 25.5. The van der Waals surface area contributed by atoms with Gasteiger partial charge in [0.1, 0.15) is 24.2 Å². The van der Waals surface area contributed by atoms with E-state index in [4.69, 9.17) is 9.47 Å². The highest BCUT2D eigenvalue weighted by atomic mass is 19.1. The Morgan fingerprint density at radius 1 is 1.21 bits per heavy atom. The van der Waals surface area contributed by atoms with Crippen LogP contribution in [0.4, 0.5) is 4.39 Å². The van der Waals surface area contributed by atoms with E-state index >= 15 is 4.39 Å². The van der Waals surface area contributed by atoms with Crippen LogP contribution in [0.5, 0.6) is 0 Å². The maximum atomic E-state index is 15.1. The molecule has 33 heavy (non-hydrogen) atoms. The molecule has 1 saturated carbocycles. The molecule has 1 fully saturated rings. The number of esters is 1. The molecule has 3 unspecified atom stereocenters. The number of Topliss-reactive ketones (excluding diaryl/α,β-unsaturated/α-hetero) is 1. The van der Waals surface area contributed by atoms with Crippen molar-refractivity contribution in [1.29, 1.82) is 0 Å². The lowest BCUT2D eigenvalue weighted by atomic mass is 9.84. The number of ketones is 1. The molecule has 5 atom stereocenters. The monoisotopic (exact) mass is 462 g/mol. The van der Waals surface area contributed by atoms with E-state index in [1.807, 2.05) is 19.9 Å². The SMILES string of the molecule is CO[C@H]1/C=C/CC/C=C/C(=O)OC(C(C)C(=O)CCCC2CCCCC2)/C(C)=C\C(C)[C@@H]1F. The molecule has 0 saturated heterocycles. The highest BCUT2D eigenvalue weighted by Gasteiger charge is 2.30. The zero-order valence-electron chi connectivity index (χ0n) is 20.9. The van der Waals surface area contributed by atoms with Gasteiger partial charge in [-0.3, -0.25) is 4.79 Å². The quantitative estimate of drug-likeness (QED) is 0.312. The number of ether oxygens (including phenoxy) is 2. The van der Waals surface area contributed by atoms with Crippen molar-refractivity contribution in [1.82, 2.24) is 0 Å². The molecule has 0 aromatic heterocycles. The van der Waals surface area contributed by atoms with Crippen LogP contribution in [-0.4, -0.2) is 37.2 Å². The predicted octanol–water partition coefficient (Wildman–Crippen LogP) is 6.70. The van der Waals surface area contributed by atoms with Gasteiger partial charge in [0.05, 0.1) is 5.92 Å². The van der Waals surface area contributed by atoms with Gasteiger partial charge < -0.3 is 9.47 Å². The van der Waals surface area contributed by atoms with Crippen LogP contribution in [0, 0.1) is 17.8 Å². The third kappa shape index (κ3) is 9.19. The van der Waals surface area contributed by atoms with E-state index in [0.29, 0.717) is 24.8 Å². The smallest absolute Gasteiger partial charge is 0.331 e. The van der Waals surface area contributed by atoms with Crippen molar-refractivity contribution in [2.75, 3.05) is 7.11 Å². The van der Waals surface area contributed by atoms with Gasteiger partial charge in [-0.15, -0.1) is 0 Å². The van der Waals surface area contributed by atoms with Crippen LogP contribution in [0.15, 0.2) is 36.0 Å². The van der Waals surface area contributed by atoms with Gasteiger partial charge in [-0.1, -0.05) is 76.7 Å². The molecule has 186 valence electrons. The summed E-state index contributed by atoms with van der Waals surface area (Å²) in [7, 11) is 1.51. The number of methoxy groups -OCH3 is 1. The molecular weight excluding hydrogens is 419 g/mol. The summed E-state index contributed by atoms with van der Waals surface area (Å²) in [6.07, 6.45) is 16.3. The molecule has 0 aromatic carbocycles. The van der Waals surface area contributed by atoms with Crippen LogP contribution in [0.3, 0.4) is 0 Å². The van der Waals surface area contributed by atoms with Crippen molar-refractivity contribution < 1.29 is 23.5 Å². The summed E-state index contributed by atoms with van der Waals surface area (Å²) in [5, 5.41) is 0. The first-order valence-corrected chi connectivity index (χ1v) is 12.7. The van der Waals surface area contributed by atoms with Crippen molar-refractivity contribution in [3.8, 4) is 0 Å². The molecule has 5 heteroatoms. The number of carbonyl (C=O) groups is 2. The molecule has 4 nitrogen and oxygen atoms in total. The molecule has 1 heterocycles. The minimum absolute atomic E-state index is 0.101. The van der Waals surface area contributed by atoms with E-state index in [2.05, 4.69) is 0 Å². The Kier molecular flexibility index (Phi) is 12.1. The Balaban J connectivity index is 2.12. The minimum Gasteiger partial charge on any atom is -0.454 e. The van der Waals surface area contributed by atoms with Gasteiger partial charge in [0, 0.05) is 25.5 Å². The first kappa shape index (κ1) is 27.5. The lowest BCUT2D eigenvalue weighted by Gasteiger charge is -2.27. The van der Waals surface area contributed by atoms with Crippen LogP contribution in [0.1, 0.15) is 85.0 Å². The summed E-state index contributed by atoms with van der Waals surface area (Å²) in [5.74, 6) is -0.543. The Morgan fingerprint density at radius 3 is 2.61 bits per heavy atom. The minimum atomic E-state index is -1.24. The molecule has 0 bridgehead atoms. The number of rotatable bonds is 7. The highest BCUT2D eigenvalue weighted by molar-refractivity contribution is 5.84. The fraction of sp³-hybridized carbons (Fsp3) is 0.714. The predicted molar refractivity (Wildman–Crippen MR) is 131 cm³/mol. The largest absolute Gasteiger partial charge is 0.454 e. The molecule has 0 N–H and O–H groups in total. The van der Waals surface area contributed by atoms with E-state index in [-0.39, 0.29) is 5.78 Å². The molecule has 1 aliphatic heterocycles. The van der Waals surface area contributed by atoms with Gasteiger partial charge in [-0.2, -0.15) is 0 Å². The van der Waals surface area contributed by atoms with E-state index in [1.165, 1.54) is 45.3 Å². The summed E-state index contributed by atoms with van der Waals surface area (Å²) in [6.45, 7) is 5.43. The average Bonchev–Trinajstić information content (AvgIpc) is 2.81. The van der Waals surface area contributed by atoms with Crippen molar-refractivity contribution in [2.45, 2.75) is 103 Å². The van der Waals surface area contributed by atoms with Crippen LogP contribution in [-0.2, 0) is 19.1 Å². The molecule has 1 aliphatic carbocycles. The van der Waals surface area contributed by atoms with Gasteiger partial charge >= 0.3 is 5.97 Å². The molecule has 0 amide bonds. The zero-order chi connectivity index (χ0) is 24.2. The molecule has 2 rings (SSSR count). The topological polar surface area (TPSA) is 52.6 Å². The molecule has 0 aromatic rings. The van der Waals surface area contributed by atoms with Crippen LogP contribution in [0.25, 0.3) is 0 Å². The second-order valence-corrected chi connectivity index (χ2v) is 9.83. The average molecular weight is 463 g/mol. The number of allylic oxidation sites excluding steroid dienone is 3. The Labute approximate surface area is 199 Å². The number of carbonyl (C=O) groups excluding carboxylic acids is 2. The summed E-state index contributed by atoms with van der Waals surface area (Å²) < 4.78 is 26.2. The van der Waals surface area contributed by atoms with E-state index in [9.17, 15) is 9.59 Å². The third-order valence-corrected chi connectivity index (χ3v) is 7.11. The Morgan fingerprint density at radius 2 is 1.91 bits per heavy atom. The molecule has 0 radical (unpaired) electrons. The van der Waals surface area contributed by atoms with Crippen LogP contribution < -0.4 is 0 Å². The Hall–Kier alpha value is -1.75. The van der Waals surface area contributed by atoms with Gasteiger partial charge in [-0.05, 0) is 37.7 Å². The fourth-order valence-corrected chi connectivity index (χ4v) is 5.01. The lowest BCUT2D eigenvalue weighted by Crippen LogP contribution is -2.33. The number of alkyl halides is 1. The maximum Gasteiger partial charge on any atom is 0.331 e. The van der Waals surface area contributed by atoms with Crippen molar-refractivity contribution in [2.24, 2.45) is 17.8 Å². The first-order chi connectivity index (χ1) is 15.8. The second-order valence-electron chi connectivity index (χ2n) is 9.83. The van der Waals surface area contributed by atoms with E-state index in [0.717, 1.165) is 18.8 Å². The third-order valence-electron chi connectivity index (χ3n) is 7.11. The van der Waals surface area contributed by atoms with Crippen LogP contribution in [0.2, 0.25) is 0 Å². The van der Waals surface area contributed by atoms with Gasteiger partial charge in [0.15, 0.2) is 0 Å². The van der Waals surface area contributed by atoms with Gasteiger partial charge in [0.25, 0.3) is 0 Å². The zero-order valence-corrected chi connectivity index (χ0v) is 20.9. The number of halogens is 1. The molecular formula is C28H43FO4. The summed E-state index contributed by atoms with van der Waals surface area (Å²) in [6, 6.07) is 0. The number of cyclic esters (lactones) is 1. The molecule has 0 spiro atoms. The van der Waals surface area contributed by atoms with Crippen molar-refractivity contribution in [3.05, 3.63) is 36.0 Å². The standard InChI is InChI=1S/C28H43FO4/c1-20-19-21(2)28(22(3)24(30)16-12-15-23-13-8-7-9-14-23)33-26(31)18-11-6-5-10-17-25(32-4)27(20)29/h10-11,17-20,22-23,25,27-28H,5-9,12-16H2,1-4H3/b17-10+,18-11+,21-19-/t20?,22?,25-,27-,28?/m0/s1. The second kappa shape index (κ2) is 14.5. The normalized spacial score (nSPS) is 32.6. The van der Waals surface area contributed by atoms with E-state index < -0.39 is 36.2 Å². The Bertz CT molecular complexity index is 705.